The van der Waals surface area contributed by atoms with Crippen LogP contribution in [0.15, 0.2) is 42.5 Å². The third kappa shape index (κ3) is 4.75. The molecule has 0 saturated carbocycles. The van der Waals surface area contributed by atoms with E-state index in [-0.39, 0.29) is 18.4 Å². The van der Waals surface area contributed by atoms with Crippen LogP contribution >= 0.6 is 0 Å². The first kappa shape index (κ1) is 17.8. The summed E-state index contributed by atoms with van der Waals surface area (Å²) in [5.74, 6) is 1.31. The van der Waals surface area contributed by atoms with Crippen LogP contribution in [0.1, 0.15) is 17.5 Å². The second kappa shape index (κ2) is 8.38. The first-order chi connectivity index (χ1) is 12.6. The highest BCUT2D eigenvalue weighted by molar-refractivity contribution is 5.94. The summed E-state index contributed by atoms with van der Waals surface area (Å²) in [5, 5.41) is 5.67. The highest BCUT2D eigenvalue weighted by atomic mass is 16.5. The number of fused-ring (bicyclic) bond motifs is 1. The largest absolute Gasteiger partial charge is 0.497 e. The molecule has 6 heteroatoms. The maximum absolute atomic E-state index is 11.9. The zero-order valence-corrected chi connectivity index (χ0v) is 14.7. The maximum atomic E-state index is 11.9. The van der Waals surface area contributed by atoms with Gasteiger partial charge in [0.15, 0.2) is 6.61 Å². The quantitative estimate of drug-likeness (QED) is 0.800. The molecule has 1 heterocycles. The molecule has 1 aliphatic heterocycles. The minimum absolute atomic E-state index is 0.0300. The van der Waals surface area contributed by atoms with Gasteiger partial charge in [0, 0.05) is 18.7 Å². The molecule has 0 fully saturated rings. The molecular formula is C20H22N2O4. The summed E-state index contributed by atoms with van der Waals surface area (Å²) < 4.78 is 10.7. The Labute approximate surface area is 152 Å². The van der Waals surface area contributed by atoms with Crippen LogP contribution < -0.4 is 20.1 Å². The lowest BCUT2D eigenvalue weighted by Crippen LogP contribution is -2.30. The van der Waals surface area contributed by atoms with E-state index in [1.54, 1.807) is 13.2 Å². The lowest BCUT2D eigenvalue weighted by molar-refractivity contribution is -0.123. The molecule has 0 spiro atoms. The van der Waals surface area contributed by atoms with Crippen molar-refractivity contribution in [2.75, 3.05) is 25.6 Å². The smallest absolute Gasteiger partial charge is 0.257 e. The fourth-order valence-electron chi connectivity index (χ4n) is 2.79. The van der Waals surface area contributed by atoms with E-state index < -0.39 is 0 Å². The molecule has 2 N–H and O–H groups in total. The lowest BCUT2D eigenvalue weighted by atomic mass is 10.0. The first-order valence-corrected chi connectivity index (χ1v) is 8.59. The summed E-state index contributed by atoms with van der Waals surface area (Å²) >= 11 is 0. The fourth-order valence-corrected chi connectivity index (χ4v) is 2.79. The van der Waals surface area contributed by atoms with Gasteiger partial charge in [-0.15, -0.1) is 0 Å². The number of anilines is 1. The molecule has 0 radical (unpaired) electrons. The average Bonchev–Trinajstić information content (AvgIpc) is 2.67. The van der Waals surface area contributed by atoms with Crippen LogP contribution in [0.2, 0.25) is 0 Å². The van der Waals surface area contributed by atoms with E-state index in [9.17, 15) is 9.59 Å². The number of benzene rings is 2. The normalized spacial score (nSPS) is 12.7. The summed E-state index contributed by atoms with van der Waals surface area (Å²) in [7, 11) is 1.63. The summed E-state index contributed by atoms with van der Waals surface area (Å²) in [6.07, 6.45) is 1.91. The van der Waals surface area contributed by atoms with Crippen LogP contribution in [0.5, 0.6) is 11.5 Å². The topological polar surface area (TPSA) is 76.7 Å². The fraction of sp³-hybridized carbons (Fsp3) is 0.300. The highest BCUT2D eigenvalue weighted by Gasteiger charge is 2.15. The molecule has 0 bridgehead atoms. The van der Waals surface area contributed by atoms with Gasteiger partial charge in [-0.05, 0) is 54.3 Å². The van der Waals surface area contributed by atoms with Crippen LogP contribution in [-0.4, -0.2) is 32.1 Å². The molecule has 0 atom stereocenters. The van der Waals surface area contributed by atoms with Gasteiger partial charge >= 0.3 is 0 Å². The van der Waals surface area contributed by atoms with Crippen molar-refractivity contribution in [3.63, 3.8) is 0 Å². The molecule has 3 rings (SSSR count). The number of nitrogens with one attached hydrogen (secondary N) is 2. The van der Waals surface area contributed by atoms with Crippen molar-refractivity contribution in [2.24, 2.45) is 0 Å². The van der Waals surface area contributed by atoms with E-state index in [2.05, 4.69) is 10.6 Å². The van der Waals surface area contributed by atoms with Crippen molar-refractivity contribution in [3.8, 4) is 11.5 Å². The average molecular weight is 354 g/mol. The van der Waals surface area contributed by atoms with E-state index in [4.69, 9.17) is 9.47 Å². The van der Waals surface area contributed by atoms with E-state index >= 15 is 0 Å². The van der Waals surface area contributed by atoms with Gasteiger partial charge in [-0.25, -0.2) is 0 Å². The molecular weight excluding hydrogens is 332 g/mol. The SMILES string of the molecule is COc1ccc(CCNC(=O)COc2ccc3c(c2)CCC(=O)N3)cc1. The van der Waals surface area contributed by atoms with Gasteiger partial charge < -0.3 is 20.1 Å². The van der Waals surface area contributed by atoms with Crippen LogP contribution in [0.3, 0.4) is 0 Å². The maximum Gasteiger partial charge on any atom is 0.257 e. The second-order valence-corrected chi connectivity index (χ2v) is 6.10. The molecule has 0 unspecified atom stereocenters. The Balaban J connectivity index is 1.42. The monoisotopic (exact) mass is 354 g/mol. The van der Waals surface area contributed by atoms with Gasteiger partial charge in [0.05, 0.1) is 7.11 Å². The van der Waals surface area contributed by atoms with Crippen LogP contribution in [-0.2, 0) is 22.4 Å². The zero-order chi connectivity index (χ0) is 18.4. The number of carbonyl (C=O) groups excluding carboxylic acids is 2. The van der Waals surface area contributed by atoms with Gasteiger partial charge in [0.1, 0.15) is 11.5 Å². The molecule has 2 amide bonds. The molecule has 1 aliphatic rings. The number of amides is 2. The Morgan fingerprint density at radius 2 is 1.88 bits per heavy atom. The summed E-state index contributed by atoms with van der Waals surface area (Å²) in [5.41, 5.74) is 2.98. The Morgan fingerprint density at radius 1 is 1.12 bits per heavy atom. The third-order valence-electron chi connectivity index (χ3n) is 4.24. The van der Waals surface area contributed by atoms with E-state index in [0.29, 0.717) is 25.1 Å². The molecule has 2 aromatic rings. The third-order valence-corrected chi connectivity index (χ3v) is 4.24. The van der Waals surface area contributed by atoms with Crippen molar-refractivity contribution < 1.29 is 19.1 Å². The Kier molecular flexibility index (Phi) is 5.73. The van der Waals surface area contributed by atoms with Crippen molar-refractivity contribution >= 4 is 17.5 Å². The van der Waals surface area contributed by atoms with E-state index in [0.717, 1.165) is 29.0 Å². The minimum atomic E-state index is -0.162. The first-order valence-electron chi connectivity index (χ1n) is 8.59. The summed E-state index contributed by atoms with van der Waals surface area (Å²) in [6.45, 7) is 0.512. The molecule has 0 aliphatic carbocycles. The Morgan fingerprint density at radius 3 is 2.65 bits per heavy atom. The van der Waals surface area contributed by atoms with Gasteiger partial charge in [0.25, 0.3) is 5.91 Å². The number of rotatable bonds is 7. The standard InChI is InChI=1S/C20H22N2O4/c1-25-16-5-2-14(3-6-16)10-11-21-20(24)13-26-17-7-8-18-15(12-17)4-9-19(23)22-18/h2-3,5-8,12H,4,9-11,13H2,1H3,(H,21,24)(H,22,23). The van der Waals surface area contributed by atoms with Crippen LogP contribution in [0.4, 0.5) is 5.69 Å². The van der Waals surface area contributed by atoms with Gasteiger partial charge in [0.2, 0.25) is 5.91 Å². The lowest BCUT2D eigenvalue weighted by Gasteiger charge is -2.17. The van der Waals surface area contributed by atoms with Crippen LogP contribution in [0.25, 0.3) is 0 Å². The summed E-state index contributed by atoms with van der Waals surface area (Å²) in [4.78, 5) is 23.3. The van der Waals surface area contributed by atoms with Gasteiger partial charge in [-0.3, -0.25) is 9.59 Å². The molecule has 6 nitrogen and oxygen atoms in total. The number of aryl methyl sites for hydroxylation is 1. The number of ether oxygens (including phenoxy) is 2. The molecule has 2 aromatic carbocycles. The molecule has 136 valence electrons. The highest BCUT2D eigenvalue weighted by Crippen LogP contribution is 2.26. The van der Waals surface area contributed by atoms with E-state index in [1.165, 1.54) is 0 Å². The zero-order valence-electron chi connectivity index (χ0n) is 14.7. The summed E-state index contributed by atoms with van der Waals surface area (Å²) in [6, 6.07) is 13.2. The molecule has 0 saturated heterocycles. The van der Waals surface area contributed by atoms with Crippen LogP contribution in [0, 0.1) is 0 Å². The van der Waals surface area contributed by atoms with Crippen molar-refractivity contribution in [1.29, 1.82) is 0 Å². The van der Waals surface area contributed by atoms with Crippen molar-refractivity contribution in [3.05, 3.63) is 53.6 Å². The predicted molar refractivity (Wildman–Crippen MR) is 98.6 cm³/mol. The second-order valence-electron chi connectivity index (χ2n) is 6.10. The molecule has 0 aromatic heterocycles. The van der Waals surface area contributed by atoms with E-state index in [1.807, 2.05) is 36.4 Å². The Hall–Kier alpha value is -3.02. The Bertz CT molecular complexity index is 787. The van der Waals surface area contributed by atoms with Crippen molar-refractivity contribution in [2.45, 2.75) is 19.3 Å². The number of hydrogen-bond acceptors (Lipinski definition) is 4. The minimum Gasteiger partial charge on any atom is -0.497 e. The van der Waals surface area contributed by atoms with Gasteiger partial charge in [-0.2, -0.15) is 0 Å². The number of carbonyl (C=O) groups is 2. The number of hydrogen-bond donors (Lipinski definition) is 2. The van der Waals surface area contributed by atoms with Crippen molar-refractivity contribution in [1.82, 2.24) is 5.32 Å². The van der Waals surface area contributed by atoms with Gasteiger partial charge in [-0.1, -0.05) is 12.1 Å². The number of methoxy groups -OCH3 is 1. The predicted octanol–water partition coefficient (Wildman–Crippen LogP) is 2.32. The molecule has 26 heavy (non-hydrogen) atoms.